The molecule has 0 aliphatic carbocycles. The van der Waals surface area contributed by atoms with Crippen molar-refractivity contribution in [2.75, 3.05) is 0 Å². The van der Waals surface area contributed by atoms with E-state index in [9.17, 15) is 9.59 Å². The van der Waals surface area contributed by atoms with Gasteiger partial charge in [0.2, 0.25) is 0 Å². The van der Waals surface area contributed by atoms with Crippen molar-refractivity contribution in [2.45, 2.75) is 32.9 Å². The Kier molecular flexibility index (Phi) is 5.35. The van der Waals surface area contributed by atoms with E-state index in [1.54, 1.807) is 24.1 Å². The van der Waals surface area contributed by atoms with Gasteiger partial charge < -0.3 is 15.7 Å². The van der Waals surface area contributed by atoms with Crippen LogP contribution in [0.5, 0.6) is 0 Å². The lowest BCUT2D eigenvalue weighted by atomic mass is 10.0. The first-order valence-corrected chi connectivity index (χ1v) is 6.12. The quantitative estimate of drug-likeness (QED) is 0.708. The highest BCUT2D eigenvalue weighted by molar-refractivity contribution is 5.75. The fourth-order valence-electron chi connectivity index (χ4n) is 1.61. The van der Waals surface area contributed by atoms with Crippen LogP contribution in [0.1, 0.15) is 25.8 Å². The number of carbonyl (C=O) groups excluding carboxylic acids is 1. The Hall–Kier alpha value is -2.05. The summed E-state index contributed by atoms with van der Waals surface area (Å²) in [6.45, 7) is 4.10. The molecule has 0 aliphatic rings. The van der Waals surface area contributed by atoms with Crippen LogP contribution >= 0.6 is 0 Å². The molecule has 0 saturated heterocycles. The molecule has 1 atom stereocenters. The number of nitrogens with zero attached hydrogens (tertiary/aromatic N) is 2. The molecule has 0 radical (unpaired) electrons. The minimum atomic E-state index is -0.925. The Balaban J connectivity index is 2.42. The van der Waals surface area contributed by atoms with Crippen LogP contribution in [-0.4, -0.2) is 32.9 Å². The Labute approximate surface area is 112 Å². The van der Waals surface area contributed by atoms with Crippen molar-refractivity contribution in [2.24, 2.45) is 13.0 Å². The first-order valence-electron chi connectivity index (χ1n) is 6.12. The van der Waals surface area contributed by atoms with Crippen LogP contribution in [0.2, 0.25) is 0 Å². The summed E-state index contributed by atoms with van der Waals surface area (Å²) in [4.78, 5) is 22.4. The number of carboxylic acids is 1. The molecule has 0 spiro atoms. The molecule has 1 unspecified atom stereocenters. The van der Waals surface area contributed by atoms with Gasteiger partial charge in [-0.3, -0.25) is 9.48 Å². The fourth-order valence-corrected chi connectivity index (χ4v) is 1.61. The summed E-state index contributed by atoms with van der Waals surface area (Å²) in [6, 6.07) is -0.754. The van der Waals surface area contributed by atoms with Gasteiger partial charge in [0.25, 0.3) is 0 Å². The van der Waals surface area contributed by atoms with Crippen LogP contribution in [0.3, 0.4) is 0 Å². The monoisotopic (exact) mass is 268 g/mol. The van der Waals surface area contributed by atoms with E-state index in [0.717, 1.165) is 5.56 Å². The zero-order valence-electron chi connectivity index (χ0n) is 11.4. The van der Waals surface area contributed by atoms with E-state index < -0.39 is 5.97 Å². The van der Waals surface area contributed by atoms with Gasteiger partial charge >= 0.3 is 12.0 Å². The minimum Gasteiger partial charge on any atom is -0.481 e. The van der Waals surface area contributed by atoms with Crippen molar-refractivity contribution in [3.05, 3.63) is 18.0 Å². The summed E-state index contributed by atoms with van der Waals surface area (Å²) in [5.74, 6) is -0.869. The van der Waals surface area contributed by atoms with Gasteiger partial charge in [0, 0.05) is 31.4 Å². The number of urea groups is 1. The zero-order chi connectivity index (χ0) is 14.4. The van der Waals surface area contributed by atoms with Gasteiger partial charge in [0.1, 0.15) is 0 Å². The summed E-state index contributed by atoms with van der Waals surface area (Å²) in [5, 5.41) is 18.1. The molecular weight excluding hydrogens is 248 g/mol. The number of rotatable bonds is 6. The Bertz CT molecular complexity index is 442. The highest BCUT2D eigenvalue weighted by atomic mass is 16.4. The van der Waals surface area contributed by atoms with E-state index in [1.165, 1.54) is 0 Å². The molecule has 7 heteroatoms. The maximum Gasteiger partial charge on any atom is 0.315 e. The van der Waals surface area contributed by atoms with Gasteiger partial charge in [0.15, 0.2) is 0 Å². The van der Waals surface area contributed by atoms with E-state index in [1.807, 2.05) is 13.8 Å². The number of hydrogen-bond donors (Lipinski definition) is 3. The molecule has 0 fully saturated rings. The fraction of sp³-hybridized carbons (Fsp3) is 0.583. The molecule has 1 rings (SSSR count). The van der Waals surface area contributed by atoms with Gasteiger partial charge in [-0.25, -0.2) is 4.79 Å². The van der Waals surface area contributed by atoms with E-state index in [0.29, 0.717) is 6.54 Å². The first kappa shape index (κ1) is 15.0. The van der Waals surface area contributed by atoms with Gasteiger partial charge in [-0.15, -0.1) is 0 Å². The highest BCUT2D eigenvalue weighted by Crippen LogP contribution is 2.06. The second-order valence-corrected chi connectivity index (χ2v) is 4.80. The molecule has 3 N–H and O–H groups in total. The van der Waals surface area contributed by atoms with E-state index in [2.05, 4.69) is 15.7 Å². The standard InChI is InChI=1S/C12H20N4O3/c1-8(2)10(4-11(17)18)15-12(19)13-5-9-6-14-16(3)7-9/h6-8,10H,4-5H2,1-3H3,(H,17,18)(H2,13,15,19). The molecule has 1 aromatic heterocycles. The molecule has 106 valence electrons. The third-order valence-electron chi connectivity index (χ3n) is 2.73. The average Bonchev–Trinajstić information content (AvgIpc) is 2.71. The van der Waals surface area contributed by atoms with Crippen LogP contribution < -0.4 is 10.6 Å². The number of hydrogen-bond acceptors (Lipinski definition) is 3. The Morgan fingerprint density at radius 1 is 1.47 bits per heavy atom. The van der Waals surface area contributed by atoms with Gasteiger partial charge in [0.05, 0.1) is 12.6 Å². The number of nitrogens with one attached hydrogen (secondary N) is 2. The second kappa shape index (κ2) is 6.77. The molecule has 1 heterocycles. The number of aryl methyl sites for hydroxylation is 1. The van der Waals surface area contributed by atoms with Crippen molar-refractivity contribution in [3.63, 3.8) is 0 Å². The van der Waals surface area contributed by atoms with Gasteiger partial charge in [-0.2, -0.15) is 5.10 Å². The highest BCUT2D eigenvalue weighted by Gasteiger charge is 2.19. The third-order valence-corrected chi connectivity index (χ3v) is 2.73. The molecule has 19 heavy (non-hydrogen) atoms. The maximum absolute atomic E-state index is 11.7. The van der Waals surface area contributed by atoms with E-state index >= 15 is 0 Å². The van der Waals surface area contributed by atoms with Crippen molar-refractivity contribution >= 4 is 12.0 Å². The molecule has 7 nitrogen and oxygen atoms in total. The number of amides is 2. The lowest BCUT2D eigenvalue weighted by molar-refractivity contribution is -0.137. The van der Waals surface area contributed by atoms with E-state index in [-0.39, 0.29) is 24.4 Å². The van der Waals surface area contributed by atoms with E-state index in [4.69, 9.17) is 5.11 Å². The third kappa shape index (κ3) is 5.41. The molecule has 2 amide bonds. The zero-order valence-corrected chi connectivity index (χ0v) is 11.4. The number of aromatic nitrogens is 2. The summed E-state index contributed by atoms with van der Waals surface area (Å²) in [5.41, 5.74) is 0.886. The van der Waals surface area contributed by atoms with Gasteiger partial charge in [-0.05, 0) is 5.92 Å². The van der Waals surface area contributed by atoms with Crippen LogP contribution in [-0.2, 0) is 18.4 Å². The molecule has 0 aromatic carbocycles. The summed E-state index contributed by atoms with van der Waals surface area (Å²) in [6.07, 6.45) is 3.38. The summed E-state index contributed by atoms with van der Waals surface area (Å²) >= 11 is 0. The molecule has 0 saturated carbocycles. The minimum absolute atomic E-state index is 0.0558. The van der Waals surface area contributed by atoms with Crippen molar-refractivity contribution in [1.82, 2.24) is 20.4 Å². The first-order chi connectivity index (χ1) is 8.88. The molecule has 0 bridgehead atoms. The molecular formula is C12H20N4O3. The Morgan fingerprint density at radius 3 is 2.63 bits per heavy atom. The Morgan fingerprint density at radius 2 is 2.16 bits per heavy atom. The van der Waals surface area contributed by atoms with Crippen LogP contribution in [0.4, 0.5) is 4.79 Å². The smallest absolute Gasteiger partial charge is 0.315 e. The second-order valence-electron chi connectivity index (χ2n) is 4.80. The van der Waals surface area contributed by atoms with Crippen LogP contribution in [0.25, 0.3) is 0 Å². The van der Waals surface area contributed by atoms with Crippen LogP contribution in [0.15, 0.2) is 12.4 Å². The maximum atomic E-state index is 11.7. The summed E-state index contributed by atoms with van der Waals surface area (Å²) < 4.78 is 1.65. The predicted molar refractivity (Wildman–Crippen MR) is 69.5 cm³/mol. The molecule has 1 aromatic rings. The number of carboxylic acid groups (broad SMARTS) is 1. The van der Waals surface area contributed by atoms with Crippen molar-refractivity contribution in [1.29, 1.82) is 0 Å². The SMILES string of the molecule is CC(C)C(CC(=O)O)NC(=O)NCc1cnn(C)c1. The largest absolute Gasteiger partial charge is 0.481 e. The van der Waals surface area contributed by atoms with Crippen molar-refractivity contribution in [3.8, 4) is 0 Å². The van der Waals surface area contributed by atoms with Crippen LogP contribution in [0, 0.1) is 5.92 Å². The number of carbonyl (C=O) groups is 2. The lowest BCUT2D eigenvalue weighted by Crippen LogP contribution is -2.45. The predicted octanol–water partition coefficient (Wildman–Crippen LogP) is 0.719. The van der Waals surface area contributed by atoms with Crippen molar-refractivity contribution < 1.29 is 14.7 Å². The summed E-state index contributed by atoms with van der Waals surface area (Å²) in [7, 11) is 1.80. The molecule has 0 aliphatic heterocycles. The van der Waals surface area contributed by atoms with Gasteiger partial charge in [-0.1, -0.05) is 13.8 Å². The average molecular weight is 268 g/mol. The normalized spacial score (nSPS) is 12.2. The topological polar surface area (TPSA) is 96.2 Å². The number of aliphatic carboxylic acids is 1. The lowest BCUT2D eigenvalue weighted by Gasteiger charge is -2.20.